The molecule has 0 saturated carbocycles. The Morgan fingerprint density at radius 1 is 1.33 bits per heavy atom. The van der Waals surface area contributed by atoms with Crippen LogP contribution >= 0.6 is 0 Å². The average Bonchev–Trinajstić information content (AvgIpc) is 2.38. The van der Waals surface area contributed by atoms with Crippen LogP contribution in [0.15, 0.2) is 17.0 Å². The maximum Gasteiger partial charge on any atom is 0.321 e. The molecule has 0 aromatic heterocycles. The van der Waals surface area contributed by atoms with Gasteiger partial charge in [0.15, 0.2) is 0 Å². The van der Waals surface area contributed by atoms with Crippen LogP contribution in [0.25, 0.3) is 0 Å². The van der Waals surface area contributed by atoms with Gasteiger partial charge in [0.25, 0.3) is 5.69 Å². The first-order valence-corrected chi connectivity index (χ1v) is 7.40. The molecule has 0 radical (unpaired) electrons. The van der Waals surface area contributed by atoms with Crippen LogP contribution in [0.1, 0.15) is 18.1 Å². The number of nitrogens with zero attached hydrogens (tertiary/aromatic N) is 2. The summed E-state index contributed by atoms with van der Waals surface area (Å²) in [7, 11) is -2.89. The van der Waals surface area contributed by atoms with Crippen LogP contribution in [0.2, 0.25) is 0 Å². The molecule has 0 spiro atoms. The minimum Gasteiger partial charge on any atom is -0.480 e. The Labute approximate surface area is 122 Å². The van der Waals surface area contributed by atoms with Crippen LogP contribution in [0.4, 0.5) is 5.69 Å². The molecule has 1 rings (SSSR count). The third-order valence-corrected chi connectivity index (χ3v) is 5.32. The third kappa shape index (κ3) is 3.19. The highest BCUT2D eigenvalue weighted by Crippen LogP contribution is 2.27. The normalized spacial score (nSPS) is 13.2. The highest BCUT2D eigenvalue weighted by atomic mass is 32.2. The molecule has 1 aromatic carbocycles. The molecule has 1 aromatic rings. The van der Waals surface area contributed by atoms with Gasteiger partial charge >= 0.3 is 5.97 Å². The van der Waals surface area contributed by atoms with Gasteiger partial charge in [0.2, 0.25) is 10.0 Å². The molecule has 0 amide bonds. The number of carboxylic acids is 1. The van der Waals surface area contributed by atoms with Gasteiger partial charge in [-0.05, 0) is 32.4 Å². The van der Waals surface area contributed by atoms with Crippen molar-refractivity contribution in [2.45, 2.75) is 31.7 Å². The van der Waals surface area contributed by atoms with Gasteiger partial charge in [-0.2, -0.15) is 4.31 Å². The summed E-state index contributed by atoms with van der Waals surface area (Å²) >= 11 is 0. The fourth-order valence-corrected chi connectivity index (χ4v) is 3.38. The number of nitro benzene ring substituents is 1. The van der Waals surface area contributed by atoms with Crippen molar-refractivity contribution in [3.8, 4) is 0 Å². The second-order valence-electron chi connectivity index (χ2n) is 4.70. The van der Waals surface area contributed by atoms with E-state index in [-0.39, 0.29) is 21.7 Å². The van der Waals surface area contributed by atoms with E-state index in [2.05, 4.69) is 0 Å². The monoisotopic (exact) mass is 316 g/mol. The minimum absolute atomic E-state index is 0.138. The van der Waals surface area contributed by atoms with Crippen LogP contribution in [-0.2, 0) is 14.8 Å². The predicted molar refractivity (Wildman–Crippen MR) is 74.6 cm³/mol. The van der Waals surface area contributed by atoms with Crippen molar-refractivity contribution in [3.05, 3.63) is 33.4 Å². The quantitative estimate of drug-likeness (QED) is 0.646. The van der Waals surface area contributed by atoms with Crippen molar-refractivity contribution >= 4 is 21.7 Å². The molecule has 8 nitrogen and oxygen atoms in total. The summed E-state index contributed by atoms with van der Waals surface area (Å²) in [4.78, 5) is 21.0. The molecule has 0 aliphatic rings. The smallest absolute Gasteiger partial charge is 0.321 e. The van der Waals surface area contributed by atoms with Gasteiger partial charge in [-0.1, -0.05) is 0 Å². The van der Waals surface area contributed by atoms with E-state index in [1.807, 2.05) is 0 Å². The number of carbonyl (C=O) groups is 1. The van der Waals surface area contributed by atoms with E-state index in [1.165, 1.54) is 32.9 Å². The predicted octanol–water partition coefficient (Wildman–Crippen LogP) is 1.31. The number of benzene rings is 1. The zero-order chi connectivity index (χ0) is 16.5. The van der Waals surface area contributed by atoms with Crippen molar-refractivity contribution < 1.29 is 23.2 Å². The van der Waals surface area contributed by atoms with Gasteiger partial charge in [-0.15, -0.1) is 0 Å². The third-order valence-electron chi connectivity index (χ3n) is 3.25. The van der Waals surface area contributed by atoms with Gasteiger partial charge < -0.3 is 5.11 Å². The topological polar surface area (TPSA) is 118 Å². The summed E-state index contributed by atoms with van der Waals surface area (Å²) in [5.74, 6) is -1.28. The van der Waals surface area contributed by atoms with Gasteiger partial charge in [-0.3, -0.25) is 14.9 Å². The van der Waals surface area contributed by atoms with Crippen molar-refractivity contribution in [3.63, 3.8) is 0 Å². The Morgan fingerprint density at radius 3 is 2.29 bits per heavy atom. The number of aryl methyl sites for hydroxylation is 2. The second kappa shape index (κ2) is 5.78. The molecule has 0 heterocycles. The lowest BCUT2D eigenvalue weighted by Gasteiger charge is -2.22. The number of likely N-dealkylation sites (N-methyl/N-ethyl adjacent to an activating group) is 1. The molecule has 116 valence electrons. The van der Waals surface area contributed by atoms with Gasteiger partial charge in [-0.25, -0.2) is 8.42 Å². The Balaban J connectivity index is 3.43. The molecule has 9 heteroatoms. The van der Waals surface area contributed by atoms with Gasteiger partial charge in [0.05, 0.1) is 9.82 Å². The van der Waals surface area contributed by atoms with Crippen LogP contribution in [0, 0.1) is 24.0 Å². The largest absolute Gasteiger partial charge is 0.480 e. The standard InChI is InChI=1S/C12H16N2O6S/c1-7-6-11(8(2)5-10(7)14(17)18)21(19,20)13(4)9(3)12(15)16/h5-6,9H,1-4H3,(H,15,16). The number of nitro groups is 1. The Morgan fingerprint density at radius 2 is 1.86 bits per heavy atom. The van der Waals surface area contributed by atoms with E-state index < -0.39 is 27.0 Å². The fourth-order valence-electron chi connectivity index (χ4n) is 1.77. The van der Waals surface area contributed by atoms with Gasteiger partial charge in [0, 0.05) is 18.7 Å². The first-order valence-electron chi connectivity index (χ1n) is 5.96. The zero-order valence-corrected chi connectivity index (χ0v) is 12.8. The molecule has 1 N–H and O–H groups in total. The van der Waals surface area contributed by atoms with Crippen molar-refractivity contribution in [2.24, 2.45) is 0 Å². The molecule has 0 aliphatic heterocycles. The lowest BCUT2D eigenvalue weighted by atomic mass is 10.1. The molecule has 1 unspecified atom stereocenters. The Bertz CT molecular complexity index is 698. The minimum atomic E-state index is -4.05. The van der Waals surface area contributed by atoms with E-state index in [1.54, 1.807) is 0 Å². The average molecular weight is 316 g/mol. The number of sulfonamides is 1. The van der Waals surface area contributed by atoms with Crippen LogP contribution < -0.4 is 0 Å². The summed E-state index contributed by atoms with van der Waals surface area (Å²) in [5.41, 5.74) is 0.206. The van der Waals surface area contributed by atoms with Gasteiger partial charge in [0.1, 0.15) is 6.04 Å². The summed E-state index contributed by atoms with van der Waals surface area (Å²) in [6.45, 7) is 4.10. The number of aliphatic carboxylic acids is 1. The van der Waals surface area contributed by atoms with Crippen LogP contribution in [-0.4, -0.2) is 41.8 Å². The SMILES string of the molecule is Cc1cc(S(=O)(=O)N(C)C(C)C(=O)O)c(C)cc1[N+](=O)[O-]. The molecule has 0 fully saturated rings. The summed E-state index contributed by atoms with van der Waals surface area (Å²) in [6, 6.07) is 1.11. The Hall–Kier alpha value is -2.00. The highest BCUT2D eigenvalue weighted by molar-refractivity contribution is 7.89. The molecular weight excluding hydrogens is 300 g/mol. The molecule has 1 atom stereocenters. The lowest BCUT2D eigenvalue weighted by molar-refractivity contribution is -0.385. The number of hydrogen-bond donors (Lipinski definition) is 1. The first kappa shape index (κ1) is 17.1. The number of hydrogen-bond acceptors (Lipinski definition) is 5. The van der Waals surface area contributed by atoms with Crippen LogP contribution in [0.3, 0.4) is 0 Å². The van der Waals surface area contributed by atoms with Crippen LogP contribution in [0.5, 0.6) is 0 Å². The second-order valence-corrected chi connectivity index (χ2v) is 6.66. The Kier molecular flexibility index (Phi) is 4.69. The van der Waals surface area contributed by atoms with Crippen molar-refractivity contribution in [2.75, 3.05) is 7.05 Å². The van der Waals surface area contributed by atoms with E-state index in [0.29, 0.717) is 0 Å². The summed E-state index contributed by atoms with van der Waals surface area (Å²) < 4.78 is 25.6. The van der Waals surface area contributed by atoms with Crippen molar-refractivity contribution in [1.29, 1.82) is 0 Å². The maximum atomic E-state index is 12.4. The lowest BCUT2D eigenvalue weighted by Crippen LogP contribution is -2.40. The summed E-state index contributed by atoms with van der Waals surface area (Å²) in [5, 5.41) is 19.7. The summed E-state index contributed by atoms with van der Waals surface area (Å²) in [6.07, 6.45) is 0. The van der Waals surface area contributed by atoms with Crippen molar-refractivity contribution in [1.82, 2.24) is 4.31 Å². The highest BCUT2D eigenvalue weighted by Gasteiger charge is 2.31. The molecule has 21 heavy (non-hydrogen) atoms. The van der Waals surface area contributed by atoms with E-state index in [9.17, 15) is 23.3 Å². The first-order chi connectivity index (χ1) is 9.50. The molecular formula is C12H16N2O6S. The molecule has 0 bridgehead atoms. The molecule has 0 saturated heterocycles. The molecule has 0 aliphatic carbocycles. The number of carboxylic acid groups (broad SMARTS) is 1. The van der Waals surface area contributed by atoms with E-state index in [0.717, 1.165) is 11.4 Å². The van der Waals surface area contributed by atoms with E-state index in [4.69, 9.17) is 5.11 Å². The maximum absolute atomic E-state index is 12.4. The zero-order valence-electron chi connectivity index (χ0n) is 12.0. The fraction of sp³-hybridized carbons (Fsp3) is 0.417. The van der Waals surface area contributed by atoms with E-state index >= 15 is 0 Å². The number of rotatable bonds is 5.